The molecule has 2 unspecified atom stereocenters. The molecule has 0 spiro atoms. The van der Waals surface area contributed by atoms with Crippen LogP contribution in [-0.2, 0) is 0 Å². The van der Waals surface area contributed by atoms with Gasteiger partial charge in [0.2, 0.25) is 0 Å². The quantitative estimate of drug-likeness (QED) is 0.481. The van der Waals surface area contributed by atoms with Crippen molar-refractivity contribution >= 4 is 31.9 Å². The van der Waals surface area contributed by atoms with Crippen molar-refractivity contribution in [2.75, 3.05) is 5.33 Å². The minimum Gasteiger partial charge on any atom is -0.247 e. The van der Waals surface area contributed by atoms with Crippen molar-refractivity contribution in [2.45, 2.75) is 50.0 Å². The summed E-state index contributed by atoms with van der Waals surface area (Å²) in [5.41, 5.74) is 0. The summed E-state index contributed by atoms with van der Waals surface area (Å²) < 4.78 is 13.1. The fraction of sp³-hybridized carbons (Fsp3) is 1.00. The molecule has 3 heteroatoms. The second-order valence-corrected chi connectivity index (χ2v) is 5.02. The normalized spacial score (nSPS) is 16.0. The largest absolute Gasteiger partial charge is 0.247 e. The Morgan fingerprint density at radius 3 is 2.50 bits per heavy atom. The minimum atomic E-state index is -0.626. The van der Waals surface area contributed by atoms with Gasteiger partial charge in [0.15, 0.2) is 0 Å². The Balaban J connectivity index is 3.26. The van der Waals surface area contributed by atoms with Gasteiger partial charge in [-0.05, 0) is 12.8 Å². The first-order valence-electron chi connectivity index (χ1n) is 4.54. The summed E-state index contributed by atoms with van der Waals surface area (Å²) in [5, 5.41) is 0.835. The molecule has 2 atom stereocenters. The second kappa shape index (κ2) is 8.49. The molecule has 0 saturated heterocycles. The van der Waals surface area contributed by atoms with E-state index in [-0.39, 0.29) is 4.83 Å². The molecule has 0 aromatic carbocycles. The molecule has 0 aliphatic rings. The van der Waals surface area contributed by atoms with Gasteiger partial charge in [-0.3, -0.25) is 0 Å². The Morgan fingerprint density at radius 1 is 1.33 bits per heavy atom. The van der Waals surface area contributed by atoms with E-state index in [0.29, 0.717) is 6.42 Å². The molecule has 0 aliphatic carbocycles. The maximum Gasteiger partial charge on any atom is 0.101 e. The Bertz CT molecular complexity index is 98.5. The van der Waals surface area contributed by atoms with Crippen LogP contribution in [0.4, 0.5) is 4.39 Å². The highest BCUT2D eigenvalue weighted by atomic mass is 79.9. The molecule has 0 N–H and O–H groups in total. The van der Waals surface area contributed by atoms with Gasteiger partial charge in [0.05, 0.1) is 0 Å². The molecule has 0 aromatic heterocycles. The molecule has 0 aromatic rings. The van der Waals surface area contributed by atoms with Crippen molar-refractivity contribution < 1.29 is 4.39 Å². The molecule has 12 heavy (non-hydrogen) atoms. The topological polar surface area (TPSA) is 0 Å². The van der Waals surface area contributed by atoms with E-state index in [9.17, 15) is 4.39 Å². The average molecular weight is 304 g/mol. The summed E-state index contributed by atoms with van der Waals surface area (Å²) in [6, 6.07) is 0. The predicted molar refractivity (Wildman–Crippen MR) is 60.2 cm³/mol. The van der Waals surface area contributed by atoms with Crippen LogP contribution in [0.3, 0.4) is 0 Å². The number of rotatable bonds is 7. The highest BCUT2D eigenvalue weighted by Crippen LogP contribution is 2.17. The van der Waals surface area contributed by atoms with Crippen LogP contribution in [0.5, 0.6) is 0 Å². The van der Waals surface area contributed by atoms with Crippen molar-refractivity contribution in [3.05, 3.63) is 0 Å². The van der Waals surface area contributed by atoms with Crippen LogP contribution >= 0.6 is 31.9 Å². The third-order valence-corrected chi connectivity index (χ3v) is 4.15. The fourth-order valence-corrected chi connectivity index (χ4v) is 1.74. The Kier molecular flexibility index (Phi) is 9.12. The molecule has 0 rings (SSSR count). The first-order chi connectivity index (χ1) is 5.70. The lowest BCUT2D eigenvalue weighted by Crippen LogP contribution is -2.09. The van der Waals surface area contributed by atoms with E-state index in [0.717, 1.165) is 24.6 Å². The first kappa shape index (κ1) is 12.9. The maximum atomic E-state index is 13.1. The molecule has 0 heterocycles. The first-order valence-corrected chi connectivity index (χ1v) is 6.58. The second-order valence-electron chi connectivity index (χ2n) is 3.08. The Hall–Kier alpha value is 0.890. The summed E-state index contributed by atoms with van der Waals surface area (Å²) in [4.78, 5) is 0.286. The summed E-state index contributed by atoms with van der Waals surface area (Å²) >= 11 is 6.71. The van der Waals surface area contributed by atoms with Crippen LogP contribution < -0.4 is 0 Å². The predicted octanol–water partition coefficient (Wildman–Crippen LogP) is 4.45. The number of alkyl halides is 3. The van der Waals surface area contributed by atoms with Crippen LogP contribution in [0, 0.1) is 0 Å². The third-order valence-electron chi connectivity index (χ3n) is 1.80. The SMILES string of the molecule is CCCCCC(F)CC(Br)CBr. The zero-order chi connectivity index (χ0) is 9.40. The van der Waals surface area contributed by atoms with Gasteiger partial charge in [-0.15, -0.1) is 0 Å². The molecule has 0 nitrogen and oxygen atoms in total. The van der Waals surface area contributed by atoms with Crippen molar-refractivity contribution in [1.82, 2.24) is 0 Å². The van der Waals surface area contributed by atoms with Crippen LogP contribution in [0.25, 0.3) is 0 Å². The number of halogens is 3. The van der Waals surface area contributed by atoms with Gasteiger partial charge in [0, 0.05) is 10.2 Å². The van der Waals surface area contributed by atoms with Crippen molar-refractivity contribution in [3.8, 4) is 0 Å². The van der Waals surface area contributed by atoms with Crippen LogP contribution in [0.2, 0.25) is 0 Å². The van der Waals surface area contributed by atoms with Gasteiger partial charge in [-0.25, -0.2) is 4.39 Å². The molecular weight excluding hydrogens is 287 g/mol. The van der Waals surface area contributed by atoms with E-state index in [2.05, 4.69) is 38.8 Å². The number of hydrogen-bond acceptors (Lipinski definition) is 0. The molecule has 0 aliphatic heterocycles. The van der Waals surface area contributed by atoms with Gasteiger partial charge in [0.1, 0.15) is 6.17 Å². The van der Waals surface area contributed by atoms with E-state index >= 15 is 0 Å². The van der Waals surface area contributed by atoms with Crippen molar-refractivity contribution in [2.24, 2.45) is 0 Å². The fourth-order valence-electron chi connectivity index (χ4n) is 1.07. The Morgan fingerprint density at radius 2 is 2.00 bits per heavy atom. The molecular formula is C9H17Br2F. The minimum absolute atomic E-state index is 0.286. The van der Waals surface area contributed by atoms with E-state index in [1.807, 2.05) is 0 Å². The summed E-state index contributed by atoms with van der Waals surface area (Å²) in [7, 11) is 0. The molecule has 0 saturated carbocycles. The molecule has 0 amide bonds. The average Bonchev–Trinajstić information content (AvgIpc) is 2.05. The van der Waals surface area contributed by atoms with Gasteiger partial charge in [-0.2, -0.15) is 0 Å². The molecule has 0 bridgehead atoms. The standard InChI is InChI=1S/C9H17Br2F/c1-2-3-4-5-9(12)6-8(11)7-10/h8-9H,2-7H2,1H3. The van der Waals surface area contributed by atoms with Gasteiger partial charge in [-0.1, -0.05) is 58.0 Å². The van der Waals surface area contributed by atoms with Gasteiger partial charge < -0.3 is 0 Å². The maximum absolute atomic E-state index is 13.1. The number of unbranched alkanes of at least 4 members (excludes halogenated alkanes) is 2. The smallest absolute Gasteiger partial charge is 0.101 e. The van der Waals surface area contributed by atoms with Crippen LogP contribution in [0.15, 0.2) is 0 Å². The van der Waals surface area contributed by atoms with Crippen molar-refractivity contribution in [1.29, 1.82) is 0 Å². The summed E-state index contributed by atoms with van der Waals surface area (Å²) in [6.07, 6.45) is 4.08. The lowest BCUT2D eigenvalue weighted by molar-refractivity contribution is 0.290. The van der Waals surface area contributed by atoms with Crippen molar-refractivity contribution in [3.63, 3.8) is 0 Å². The molecule has 0 radical (unpaired) electrons. The highest BCUT2D eigenvalue weighted by Gasteiger charge is 2.11. The van der Waals surface area contributed by atoms with Crippen LogP contribution in [-0.4, -0.2) is 16.3 Å². The highest BCUT2D eigenvalue weighted by molar-refractivity contribution is 9.12. The lowest BCUT2D eigenvalue weighted by Gasteiger charge is -2.10. The van der Waals surface area contributed by atoms with E-state index < -0.39 is 6.17 Å². The lowest BCUT2D eigenvalue weighted by atomic mass is 10.1. The zero-order valence-corrected chi connectivity index (χ0v) is 10.7. The van der Waals surface area contributed by atoms with E-state index in [4.69, 9.17) is 0 Å². The van der Waals surface area contributed by atoms with Gasteiger partial charge in [0.25, 0.3) is 0 Å². The van der Waals surface area contributed by atoms with E-state index in [1.54, 1.807) is 0 Å². The molecule has 0 fully saturated rings. The molecule has 74 valence electrons. The van der Waals surface area contributed by atoms with E-state index in [1.165, 1.54) is 6.42 Å². The summed E-state index contributed by atoms with van der Waals surface area (Å²) in [5.74, 6) is 0. The summed E-state index contributed by atoms with van der Waals surface area (Å²) in [6.45, 7) is 2.14. The number of hydrogen-bond donors (Lipinski definition) is 0. The Labute approximate surface area is 91.6 Å². The van der Waals surface area contributed by atoms with Crippen LogP contribution in [0.1, 0.15) is 39.0 Å². The zero-order valence-electron chi connectivity index (χ0n) is 7.53. The third kappa shape index (κ3) is 7.53. The van der Waals surface area contributed by atoms with Gasteiger partial charge >= 0.3 is 0 Å². The monoisotopic (exact) mass is 302 g/mol.